The zero-order chi connectivity index (χ0) is 13.0. The molecular weight excluding hydrogens is 251 g/mol. The number of ether oxygens (including phenoxy) is 1. The van der Waals surface area contributed by atoms with Gasteiger partial charge in [-0.1, -0.05) is 12.1 Å². The summed E-state index contributed by atoms with van der Waals surface area (Å²) in [6.45, 7) is 0. The molecule has 0 bridgehead atoms. The predicted octanol–water partition coefficient (Wildman–Crippen LogP) is 2.64. The standard InChI is InChI=1S/C13H15FN2OS/c1-17-13-7-9(4-5-11(13)14)12(16-15)8-10-3-2-6-18-10/h2-7,12,16H,8,15H2,1H3. The van der Waals surface area contributed by atoms with Crippen molar-refractivity contribution >= 4 is 11.3 Å². The topological polar surface area (TPSA) is 47.3 Å². The maximum atomic E-state index is 13.3. The van der Waals surface area contributed by atoms with Crippen molar-refractivity contribution in [3.63, 3.8) is 0 Å². The normalized spacial score (nSPS) is 12.4. The summed E-state index contributed by atoms with van der Waals surface area (Å²) in [5, 5.41) is 2.02. The highest BCUT2D eigenvalue weighted by Crippen LogP contribution is 2.25. The highest BCUT2D eigenvalue weighted by molar-refractivity contribution is 7.09. The molecule has 2 aromatic rings. The Kier molecular flexibility index (Phi) is 4.30. The van der Waals surface area contributed by atoms with Crippen LogP contribution in [0.4, 0.5) is 4.39 Å². The molecule has 0 aliphatic carbocycles. The van der Waals surface area contributed by atoms with Gasteiger partial charge in [-0.3, -0.25) is 11.3 Å². The van der Waals surface area contributed by atoms with Crippen LogP contribution >= 0.6 is 11.3 Å². The van der Waals surface area contributed by atoms with Gasteiger partial charge in [-0.25, -0.2) is 4.39 Å². The van der Waals surface area contributed by atoms with Crippen molar-refractivity contribution in [2.75, 3.05) is 7.11 Å². The van der Waals surface area contributed by atoms with Gasteiger partial charge in [0.05, 0.1) is 13.2 Å². The average Bonchev–Trinajstić information content (AvgIpc) is 2.89. The van der Waals surface area contributed by atoms with Crippen molar-refractivity contribution < 1.29 is 9.13 Å². The first kappa shape index (κ1) is 13.0. The summed E-state index contributed by atoms with van der Waals surface area (Å²) >= 11 is 1.67. The van der Waals surface area contributed by atoms with Crippen LogP contribution in [-0.4, -0.2) is 7.11 Å². The van der Waals surface area contributed by atoms with Crippen molar-refractivity contribution in [1.82, 2.24) is 5.43 Å². The van der Waals surface area contributed by atoms with Crippen LogP contribution < -0.4 is 16.0 Å². The van der Waals surface area contributed by atoms with Gasteiger partial charge in [-0.15, -0.1) is 11.3 Å². The Morgan fingerprint density at radius 2 is 2.28 bits per heavy atom. The van der Waals surface area contributed by atoms with Crippen molar-refractivity contribution in [2.45, 2.75) is 12.5 Å². The van der Waals surface area contributed by atoms with Crippen molar-refractivity contribution in [3.8, 4) is 5.75 Å². The number of nitrogens with two attached hydrogens (primary N) is 1. The molecule has 1 aromatic heterocycles. The monoisotopic (exact) mass is 266 g/mol. The Bertz CT molecular complexity index is 502. The molecule has 2 rings (SSSR count). The number of halogens is 1. The van der Waals surface area contributed by atoms with Gasteiger partial charge in [0.15, 0.2) is 11.6 Å². The number of nitrogens with one attached hydrogen (secondary N) is 1. The first-order valence-electron chi connectivity index (χ1n) is 5.56. The molecule has 0 saturated carbocycles. The lowest BCUT2D eigenvalue weighted by Gasteiger charge is -2.16. The second-order valence-electron chi connectivity index (χ2n) is 3.90. The number of benzene rings is 1. The van der Waals surface area contributed by atoms with Crippen molar-refractivity contribution in [3.05, 3.63) is 52.0 Å². The molecule has 3 nitrogen and oxygen atoms in total. The van der Waals surface area contributed by atoms with E-state index in [1.165, 1.54) is 18.1 Å². The van der Waals surface area contributed by atoms with Gasteiger partial charge in [0.1, 0.15) is 0 Å². The molecule has 0 spiro atoms. The van der Waals surface area contributed by atoms with Crippen LogP contribution in [0.3, 0.4) is 0 Å². The highest BCUT2D eigenvalue weighted by Gasteiger charge is 2.13. The largest absolute Gasteiger partial charge is 0.494 e. The van der Waals surface area contributed by atoms with Crippen LogP contribution in [0.15, 0.2) is 35.7 Å². The summed E-state index contributed by atoms with van der Waals surface area (Å²) < 4.78 is 18.3. The lowest BCUT2D eigenvalue weighted by molar-refractivity contribution is 0.384. The summed E-state index contributed by atoms with van der Waals surface area (Å²) in [5.74, 6) is 5.44. The Morgan fingerprint density at radius 1 is 1.44 bits per heavy atom. The number of methoxy groups -OCH3 is 1. The van der Waals surface area contributed by atoms with E-state index in [0.29, 0.717) is 0 Å². The zero-order valence-corrected chi connectivity index (χ0v) is 10.8. The molecule has 0 radical (unpaired) electrons. The van der Waals surface area contributed by atoms with Crippen LogP contribution in [-0.2, 0) is 6.42 Å². The lowest BCUT2D eigenvalue weighted by Crippen LogP contribution is -2.29. The van der Waals surface area contributed by atoms with Gasteiger partial charge in [-0.2, -0.15) is 0 Å². The lowest BCUT2D eigenvalue weighted by atomic mass is 10.0. The van der Waals surface area contributed by atoms with Gasteiger partial charge in [0.25, 0.3) is 0 Å². The van der Waals surface area contributed by atoms with E-state index in [-0.39, 0.29) is 17.6 Å². The molecule has 1 aromatic carbocycles. The second-order valence-corrected chi connectivity index (χ2v) is 4.93. The van der Waals surface area contributed by atoms with E-state index in [1.807, 2.05) is 11.4 Å². The Hall–Kier alpha value is -1.43. The van der Waals surface area contributed by atoms with E-state index in [9.17, 15) is 4.39 Å². The molecule has 1 atom stereocenters. The van der Waals surface area contributed by atoms with Crippen molar-refractivity contribution in [1.29, 1.82) is 0 Å². The summed E-state index contributed by atoms with van der Waals surface area (Å²) in [4.78, 5) is 1.22. The zero-order valence-electron chi connectivity index (χ0n) is 10.0. The molecule has 18 heavy (non-hydrogen) atoms. The van der Waals surface area contributed by atoms with E-state index >= 15 is 0 Å². The Balaban J connectivity index is 2.21. The van der Waals surface area contributed by atoms with Crippen LogP contribution in [0.25, 0.3) is 0 Å². The number of hydrogen-bond acceptors (Lipinski definition) is 4. The molecule has 1 unspecified atom stereocenters. The molecule has 0 fully saturated rings. The second kappa shape index (κ2) is 5.95. The molecule has 96 valence electrons. The van der Waals surface area contributed by atoms with Gasteiger partial charge < -0.3 is 4.74 Å². The van der Waals surface area contributed by atoms with Crippen LogP contribution in [0.2, 0.25) is 0 Å². The molecule has 0 saturated heterocycles. The third-order valence-corrected chi connectivity index (χ3v) is 3.66. The van der Waals surface area contributed by atoms with E-state index < -0.39 is 0 Å². The third kappa shape index (κ3) is 2.87. The molecule has 5 heteroatoms. The molecule has 1 heterocycles. The maximum absolute atomic E-state index is 13.3. The van der Waals surface area contributed by atoms with E-state index in [4.69, 9.17) is 10.6 Å². The molecule has 3 N–H and O–H groups in total. The summed E-state index contributed by atoms with van der Waals surface area (Å²) in [7, 11) is 1.45. The highest BCUT2D eigenvalue weighted by atomic mass is 32.1. The average molecular weight is 266 g/mol. The Morgan fingerprint density at radius 3 is 2.89 bits per heavy atom. The SMILES string of the molecule is COc1cc(C(Cc2cccs2)NN)ccc1F. The van der Waals surface area contributed by atoms with E-state index in [0.717, 1.165) is 12.0 Å². The first-order chi connectivity index (χ1) is 8.74. The fourth-order valence-electron chi connectivity index (χ4n) is 1.80. The third-order valence-electron chi connectivity index (χ3n) is 2.76. The van der Waals surface area contributed by atoms with Gasteiger partial charge in [0, 0.05) is 11.3 Å². The fraction of sp³-hybridized carbons (Fsp3) is 0.231. The molecule has 0 aliphatic rings. The molecule has 0 amide bonds. The van der Waals surface area contributed by atoms with Crippen LogP contribution in [0.1, 0.15) is 16.5 Å². The van der Waals surface area contributed by atoms with Gasteiger partial charge in [-0.05, 0) is 29.1 Å². The predicted molar refractivity (Wildman–Crippen MR) is 71.0 cm³/mol. The summed E-state index contributed by atoms with van der Waals surface area (Å²) in [6, 6.07) is 8.78. The fourth-order valence-corrected chi connectivity index (χ4v) is 2.55. The number of hydrogen-bond donors (Lipinski definition) is 2. The minimum absolute atomic E-state index is 0.0573. The van der Waals surface area contributed by atoms with Crippen LogP contribution in [0.5, 0.6) is 5.75 Å². The Labute approximate surface area is 109 Å². The van der Waals surface area contributed by atoms with Gasteiger partial charge >= 0.3 is 0 Å². The molecule has 0 aliphatic heterocycles. The number of rotatable bonds is 5. The number of thiophene rings is 1. The van der Waals surface area contributed by atoms with Crippen LogP contribution in [0, 0.1) is 5.82 Å². The van der Waals surface area contributed by atoms with E-state index in [2.05, 4.69) is 11.5 Å². The smallest absolute Gasteiger partial charge is 0.165 e. The quantitative estimate of drug-likeness (QED) is 0.646. The summed E-state index contributed by atoms with van der Waals surface area (Å²) in [6.07, 6.45) is 0.767. The number of hydrazine groups is 1. The maximum Gasteiger partial charge on any atom is 0.165 e. The van der Waals surface area contributed by atoms with Gasteiger partial charge in [0.2, 0.25) is 0 Å². The van der Waals surface area contributed by atoms with Crippen molar-refractivity contribution in [2.24, 2.45) is 5.84 Å². The minimum atomic E-state index is -0.367. The molecular formula is C13H15FN2OS. The van der Waals surface area contributed by atoms with E-state index in [1.54, 1.807) is 23.5 Å². The minimum Gasteiger partial charge on any atom is -0.494 e. The first-order valence-corrected chi connectivity index (χ1v) is 6.44. The summed E-state index contributed by atoms with van der Waals surface area (Å²) in [5.41, 5.74) is 3.66.